The number of hydrogen-bond acceptors (Lipinski definition) is 1. The lowest BCUT2D eigenvalue weighted by Crippen LogP contribution is -2.20. The topological polar surface area (TPSA) is 17.1 Å². The first-order valence-electron chi connectivity index (χ1n) is 6.77. The minimum Gasteiger partial charge on any atom is -0.309 e. The van der Waals surface area contributed by atoms with Gasteiger partial charge < -0.3 is 4.57 Å². The Morgan fingerprint density at radius 3 is 2.19 bits per heavy atom. The van der Waals surface area contributed by atoms with E-state index in [9.17, 15) is 8.96 Å². The Labute approximate surface area is 122 Å². The highest BCUT2D eigenvalue weighted by atomic mass is 31.2. The molecule has 3 aromatic carbocycles. The van der Waals surface area contributed by atoms with E-state index >= 15 is 0 Å². The van der Waals surface area contributed by atoms with Crippen LogP contribution in [0.25, 0.3) is 11.1 Å². The Hall–Kier alpha value is -2.18. The zero-order valence-electron chi connectivity index (χ0n) is 11.2. The van der Waals surface area contributed by atoms with Crippen molar-refractivity contribution in [3.63, 3.8) is 0 Å². The molecule has 3 heteroatoms. The van der Waals surface area contributed by atoms with Gasteiger partial charge in [0.2, 0.25) is 0 Å². The Morgan fingerprint density at radius 2 is 1.38 bits per heavy atom. The monoisotopic (exact) mass is 294 g/mol. The largest absolute Gasteiger partial charge is 0.309 e. The van der Waals surface area contributed by atoms with Crippen molar-refractivity contribution in [3.8, 4) is 11.1 Å². The molecule has 1 atom stereocenters. The predicted octanol–water partition coefficient (Wildman–Crippen LogP) is 3.45. The summed E-state index contributed by atoms with van der Waals surface area (Å²) in [5.41, 5.74) is 1.23. The molecule has 0 saturated carbocycles. The molecule has 0 fully saturated rings. The van der Waals surface area contributed by atoms with Gasteiger partial charge in [-0.1, -0.05) is 66.7 Å². The summed E-state index contributed by atoms with van der Waals surface area (Å²) < 4.78 is 28.2. The number of halogens is 1. The van der Waals surface area contributed by atoms with Crippen LogP contribution >= 0.6 is 7.14 Å². The lowest BCUT2D eigenvalue weighted by molar-refractivity contribution is 0.592. The van der Waals surface area contributed by atoms with E-state index in [-0.39, 0.29) is 5.82 Å². The van der Waals surface area contributed by atoms with Crippen molar-refractivity contribution in [2.75, 3.05) is 0 Å². The molecule has 0 spiro atoms. The molecule has 1 aliphatic heterocycles. The maximum Gasteiger partial charge on any atom is 0.172 e. The second-order valence-corrected chi connectivity index (χ2v) is 7.79. The van der Waals surface area contributed by atoms with Crippen molar-refractivity contribution >= 4 is 23.1 Å². The maximum absolute atomic E-state index is 14.3. The van der Waals surface area contributed by atoms with Gasteiger partial charge >= 0.3 is 0 Å². The normalized spacial score (nSPS) is 19.1. The molecule has 0 aromatic heterocycles. The molecular formula is C18H12FOP. The molecular weight excluding hydrogens is 282 g/mol. The van der Waals surface area contributed by atoms with Gasteiger partial charge in [-0.2, -0.15) is 0 Å². The van der Waals surface area contributed by atoms with Crippen LogP contribution < -0.4 is 15.9 Å². The summed E-state index contributed by atoms with van der Waals surface area (Å²) >= 11 is 0. The highest BCUT2D eigenvalue weighted by Crippen LogP contribution is 2.52. The fraction of sp³-hybridized carbons (Fsp3) is 0. The highest BCUT2D eigenvalue weighted by molar-refractivity contribution is 7.86. The zero-order valence-corrected chi connectivity index (χ0v) is 12.1. The van der Waals surface area contributed by atoms with Crippen molar-refractivity contribution in [2.24, 2.45) is 0 Å². The third-order valence-electron chi connectivity index (χ3n) is 3.96. The van der Waals surface area contributed by atoms with Gasteiger partial charge in [-0.3, -0.25) is 0 Å². The standard InChI is InChI=1S/C18H12FOP/c19-15-10-6-12-17-18(15)14-9-4-5-11-16(14)21(17,20)13-7-2-1-3-8-13/h1-12H. The highest BCUT2D eigenvalue weighted by Gasteiger charge is 2.41. The SMILES string of the molecule is O=P1(c2ccccc2)c2ccccc2-c2c(F)cccc21. The molecule has 1 aliphatic rings. The fourth-order valence-electron chi connectivity index (χ4n) is 3.05. The summed E-state index contributed by atoms with van der Waals surface area (Å²) in [5.74, 6) is -0.311. The van der Waals surface area contributed by atoms with Crippen molar-refractivity contribution in [3.05, 3.63) is 78.6 Å². The van der Waals surface area contributed by atoms with Crippen molar-refractivity contribution < 1.29 is 8.96 Å². The molecule has 1 nitrogen and oxygen atoms in total. The molecule has 102 valence electrons. The fourth-order valence-corrected chi connectivity index (χ4v) is 6.11. The van der Waals surface area contributed by atoms with Crippen LogP contribution in [-0.4, -0.2) is 0 Å². The molecule has 3 aromatic rings. The molecule has 0 aliphatic carbocycles. The first-order valence-corrected chi connectivity index (χ1v) is 8.48. The van der Waals surface area contributed by atoms with Crippen LogP contribution in [0.15, 0.2) is 72.8 Å². The second-order valence-electron chi connectivity index (χ2n) is 5.10. The third kappa shape index (κ3) is 1.60. The Balaban J connectivity index is 2.16. The molecule has 4 rings (SSSR count). The van der Waals surface area contributed by atoms with Crippen LogP contribution in [0.5, 0.6) is 0 Å². The van der Waals surface area contributed by atoms with Crippen molar-refractivity contribution in [1.29, 1.82) is 0 Å². The third-order valence-corrected chi connectivity index (χ3v) is 7.11. The van der Waals surface area contributed by atoms with Gasteiger partial charge in [-0.25, -0.2) is 4.39 Å². The number of benzene rings is 3. The van der Waals surface area contributed by atoms with E-state index in [0.717, 1.165) is 16.2 Å². The van der Waals surface area contributed by atoms with E-state index in [1.807, 2.05) is 54.6 Å². The van der Waals surface area contributed by atoms with Gasteiger partial charge in [0.25, 0.3) is 0 Å². The van der Waals surface area contributed by atoms with Crippen molar-refractivity contribution in [1.82, 2.24) is 0 Å². The molecule has 0 radical (unpaired) electrons. The minimum atomic E-state index is -2.97. The minimum absolute atomic E-state index is 0.311. The van der Waals surface area contributed by atoms with Gasteiger partial charge in [0.15, 0.2) is 7.14 Å². The Bertz CT molecular complexity index is 887. The summed E-state index contributed by atoms with van der Waals surface area (Å²) in [6.45, 7) is 0. The quantitative estimate of drug-likeness (QED) is 0.491. The van der Waals surface area contributed by atoms with Crippen molar-refractivity contribution in [2.45, 2.75) is 0 Å². The molecule has 1 unspecified atom stereocenters. The predicted molar refractivity (Wildman–Crippen MR) is 84.8 cm³/mol. The lowest BCUT2D eigenvalue weighted by Gasteiger charge is -2.15. The molecule has 0 bridgehead atoms. The van der Waals surface area contributed by atoms with Crippen LogP contribution in [0, 0.1) is 5.82 Å². The summed E-state index contributed by atoms with van der Waals surface area (Å²) in [6, 6.07) is 21.6. The van der Waals surface area contributed by atoms with Gasteiger partial charge in [-0.15, -0.1) is 0 Å². The van der Waals surface area contributed by atoms with Gasteiger partial charge in [-0.05, 0) is 11.6 Å². The molecule has 0 saturated heterocycles. The van der Waals surface area contributed by atoms with Crippen LogP contribution in [0.2, 0.25) is 0 Å². The van der Waals surface area contributed by atoms with E-state index in [0.29, 0.717) is 10.9 Å². The van der Waals surface area contributed by atoms with Crippen LogP contribution in [0.4, 0.5) is 4.39 Å². The molecule has 0 amide bonds. The Kier molecular flexibility index (Phi) is 2.63. The van der Waals surface area contributed by atoms with E-state index in [1.54, 1.807) is 12.1 Å². The number of hydrogen-bond donors (Lipinski definition) is 0. The average molecular weight is 294 g/mol. The van der Waals surface area contributed by atoms with Gasteiger partial charge in [0.05, 0.1) is 0 Å². The van der Waals surface area contributed by atoms with E-state index in [2.05, 4.69) is 0 Å². The smallest absolute Gasteiger partial charge is 0.172 e. The maximum atomic E-state index is 14.3. The van der Waals surface area contributed by atoms with Crippen LogP contribution in [-0.2, 0) is 4.57 Å². The molecule has 21 heavy (non-hydrogen) atoms. The van der Waals surface area contributed by atoms with Crippen LogP contribution in [0.3, 0.4) is 0 Å². The summed E-state index contributed by atoms with van der Waals surface area (Å²) in [4.78, 5) is 0. The summed E-state index contributed by atoms with van der Waals surface area (Å²) in [5, 5.41) is 2.09. The molecule has 0 N–H and O–H groups in total. The first-order chi connectivity index (χ1) is 10.2. The number of fused-ring (bicyclic) bond motifs is 3. The van der Waals surface area contributed by atoms with E-state index in [4.69, 9.17) is 0 Å². The summed E-state index contributed by atoms with van der Waals surface area (Å²) in [6.07, 6.45) is 0. The van der Waals surface area contributed by atoms with E-state index < -0.39 is 7.14 Å². The first kappa shape index (κ1) is 12.6. The van der Waals surface area contributed by atoms with Gasteiger partial charge in [0, 0.05) is 21.5 Å². The van der Waals surface area contributed by atoms with E-state index in [1.165, 1.54) is 6.07 Å². The second kappa shape index (κ2) is 4.41. The average Bonchev–Trinajstić information content (AvgIpc) is 2.81. The lowest BCUT2D eigenvalue weighted by atomic mass is 10.1. The Morgan fingerprint density at radius 1 is 0.714 bits per heavy atom. The number of rotatable bonds is 1. The van der Waals surface area contributed by atoms with Gasteiger partial charge in [0.1, 0.15) is 5.82 Å². The summed E-state index contributed by atoms with van der Waals surface area (Å²) in [7, 11) is -2.97. The van der Waals surface area contributed by atoms with Crippen LogP contribution in [0.1, 0.15) is 0 Å². The zero-order chi connectivity index (χ0) is 14.4. The molecule has 1 heterocycles.